The highest BCUT2D eigenvalue weighted by molar-refractivity contribution is 5.85. The van der Waals surface area contributed by atoms with Crippen LogP contribution in [0.15, 0.2) is 0 Å². The van der Waals surface area contributed by atoms with E-state index in [1.807, 2.05) is 20.8 Å². The van der Waals surface area contributed by atoms with Crippen LogP contribution in [0.2, 0.25) is 0 Å². The number of amides is 1. The van der Waals surface area contributed by atoms with Gasteiger partial charge in [-0.05, 0) is 33.6 Å². The summed E-state index contributed by atoms with van der Waals surface area (Å²) in [5.41, 5.74) is -1.29. The van der Waals surface area contributed by atoms with Crippen molar-refractivity contribution in [3.05, 3.63) is 0 Å². The van der Waals surface area contributed by atoms with Crippen molar-refractivity contribution in [2.45, 2.75) is 64.9 Å². The summed E-state index contributed by atoms with van der Waals surface area (Å²) < 4.78 is 5.51. The Hall–Kier alpha value is -1.10. The summed E-state index contributed by atoms with van der Waals surface area (Å²) in [7, 11) is 0. The number of hydrogen-bond donors (Lipinski definition) is 2. The highest BCUT2D eigenvalue weighted by Gasteiger charge is 2.41. The summed E-state index contributed by atoms with van der Waals surface area (Å²) >= 11 is 0. The van der Waals surface area contributed by atoms with Gasteiger partial charge in [-0.2, -0.15) is 0 Å². The number of rotatable bonds is 7. The van der Waals surface area contributed by atoms with Gasteiger partial charge in [0, 0.05) is 19.6 Å². The predicted molar refractivity (Wildman–Crippen MR) is 76.5 cm³/mol. The Morgan fingerprint density at radius 1 is 1.25 bits per heavy atom. The van der Waals surface area contributed by atoms with Crippen LogP contribution in [0, 0.1) is 5.41 Å². The van der Waals surface area contributed by atoms with E-state index in [9.17, 15) is 14.7 Å². The number of ether oxygens (including phenoxy) is 1. The molecule has 1 aliphatic carbocycles. The van der Waals surface area contributed by atoms with Crippen LogP contribution in [-0.4, -0.2) is 35.7 Å². The molecule has 1 amide bonds. The summed E-state index contributed by atoms with van der Waals surface area (Å²) in [6.45, 7) is 6.71. The largest absolute Gasteiger partial charge is 0.481 e. The van der Waals surface area contributed by atoms with Gasteiger partial charge in [-0.3, -0.25) is 9.59 Å². The number of carbonyl (C=O) groups is 2. The van der Waals surface area contributed by atoms with Gasteiger partial charge in [-0.25, -0.2) is 0 Å². The van der Waals surface area contributed by atoms with E-state index >= 15 is 0 Å². The Morgan fingerprint density at radius 3 is 2.35 bits per heavy atom. The molecule has 5 heteroatoms. The summed E-state index contributed by atoms with van der Waals surface area (Å²) in [6.07, 6.45) is 4.13. The predicted octanol–water partition coefficient (Wildman–Crippen LogP) is 2.34. The van der Waals surface area contributed by atoms with Gasteiger partial charge in [0.2, 0.25) is 5.91 Å². The van der Waals surface area contributed by atoms with E-state index in [-0.39, 0.29) is 12.3 Å². The van der Waals surface area contributed by atoms with Crippen LogP contribution in [0.4, 0.5) is 0 Å². The third-order valence-corrected chi connectivity index (χ3v) is 4.01. The lowest BCUT2D eigenvalue weighted by Gasteiger charge is -2.33. The first-order valence-electron chi connectivity index (χ1n) is 7.45. The van der Waals surface area contributed by atoms with Crippen molar-refractivity contribution in [1.82, 2.24) is 5.32 Å². The molecule has 0 aromatic heterocycles. The topological polar surface area (TPSA) is 75.6 Å². The standard InChI is InChI=1S/C15H27NO4/c1-4-20-14(2,3)11-16-12(17)10-15(13(18)19)8-6-5-7-9-15/h4-11H2,1-3H3,(H,16,17)(H,18,19). The van der Waals surface area contributed by atoms with Crippen LogP contribution in [0.25, 0.3) is 0 Å². The zero-order chi connectivity index (χ0) is 15.2. The normalized spacial score (nSPS) is 18.6. The van der Waals surface area contributed by atoms with Gasteiger partial charge in [-0.15, -0.1) is 0 Å². The molecule has 0 unspecified atom stereocenters. The van der Waals surface area contributed by atoms with E-state index in [2.05, 4.69) is 5.32 Å². The van der Waals surface area contributed by atoms with Gasteiger partial charge in [-0.1, -0.05) is 19.3 Å². The van der Waals surface area contributed by atoms with Crippen LogP contribution in [0.5, 0.6) is 0 Å². The van der Waals surface area contributed by atoms with E-state index in [1.54, 1.807) is 0 Å². The van der Waals surface area contributed by atoms with Crippen molar-refractivity contribution in [1.29, 1.82) is 0 Å². The van der Waals surface area contributed by atoms with Gasteiger partial charge < -0.3 is 15.2 Å². The highest BCUT2D eigenvalue weighted by Crippen LogP contribution is 2.39. The average Bonchev–Trinajstić information content (AvgIpc) is 2.37. The molecule has 2 N–H and O–H groups in total. The number of aliphatic carboxylic acids is 1. The van der Waals surface area contributed by atoms with Crippen molar-refractivity contribution in [2.24, 2.45) is 5.41 Å². The molecule has 20 heavy (non-hydrogen) atoms. The van der Waals surface area contributed by atoms with Crippen molar-refractivity contribution in [3.63, 3.8) is 0 Å². The van der Waals surface area contributed by atoms with Gasteiger partial charge in [0.25, 0.3) is 0 Å². The van der Waals surface area contributed by atoms with E-state index in [0.29, 0.717) is 26.0 Å². The van der Waals surface area contributed by atoms with Crippen LogP contribution < -0.4 is 5.32 Å². The summed E-state index contributed by atoms with van der Waals surface area (Å²) in [4.78, 5) is 23.6. The number of carboxylic acids is 1. The fourth-order valence-corrected chi connectivity index (χ4v) is 2.82. The molecule has 0 aromatic rings. The monoisotopic (exact) mass is 285 g/mol. The number of hydrogen-bond acceptors (Lipinski definition) is 3. The number of nitrogens with one attached hydrogen (secondary N) is 1. The summed E-state index contributed by atoms with van der Waals surface area (Å²) in [6, 6.07) is 0. The molecule has 0 bridgehead atoms. The molecular formula is C15H27NO4. The molecule has 0 aliphatic heterocycles. The quantitative estimate of drug-likeness (QED) is 0.753. The zero-order valence-electron chi connectivity index (χ0n) is 12.8. The van der Waals surface area contributed by atoms with E-state index in [4.69, 9.17) is 4.74 Å². The molecule has 0 atom stereocenters. The Morgan fingerprint density at radius 2 is 1.85 bits per heavy atom. The van der Waals surface area contributed by atoms with E-state index < -0.39 is 17.0 Å². The second kappa shape index (κ2) is 7.07. The van der Waals surface area contributed by atoms with Crippen LogP contribution in [0.1, 0.15) is 59.3 Å². The van der Waals surface area contributed by atoms with Crippen molar-refractivity contribution >= 4 is 11.9 Å². The van der Waals surface area contributed by atoms with Crippen molar-refractivity contribution in [2.75, 3.05) is 13.2 Å². The molecule has 5 nitrogen and oxygen atoms in total. The summed E-state index contributed by atoms with van der Waals surface area (Å²) in [5, 5.41) is 12.3. The van der Waals surface area contributed by atoms with E-state index in [1.165, 1.54) is 0 Å². The molecule has 0 spiro atoms. The fourth-order valence-electron chi connectivity index (χ4n) is 2.82. The number of carboxylic acid groups (broad SMARTS) is 1. The molecule has 0 saturated heterocycles. The molecule has 1 aliphatic rings. The van der Waals surface area contributed by atoms with Crippen LogP contribution in [-0.2, 0) is 14.3 Å². The SMILES string of the molecule is CCOC(C)(C)CNC(=O)CC1(C(=O)O)CCCCC1. The smallest absolute Gasteiger partial charge is 0.310 e. The maximum absolute atomic E-state index is 12.0. The van der Waals surface area contributed by atoms with Gasteiger partial charge >= 0.3 is 5.97 Å². The number of carbonyl (C=O) groups excluding carboxylic acids is 1. The van der Waals surface area contributed by atoms with Crippen molar-refractivity contribution in [3.8, 4) is 0 Å². The highest BCUT2D eigenvalue weighted by atomic mass is 16.5. The molecule has 0 heterocycles. The first-order chi connectivity index (χ1) is 9.31. The van der Waals surface area contributed by atoms with E-state index in [0.717, 1.165) is 19.3 Å². The maximum atomic E-state index is 12.0. The van der Waals surface area contributed by atoms with Gasteiger partial charge in [0.1, 0.15) is 0 Å². The third kappa shape index (κ3) is 4.78. The zero-order valence-corrected chi connectivity index (χ0v) is 12.8. The molecule has 1 fully saturated rings. The van der Waals surface area contributed by atoms with Crippen LogP contribution >= 0.6 is 0 Å². The minimum atomic E-state index is -0.863. The first-order valence-corrected chi connectivity index (χ1v) is 7.45. The van der Waals surface area contributed by atoms with Crippen molar-refractivity contribution < 1.29 is 19.4 Å². The molecule has 0 radical (unpaired) electrons. The second-order valence-electron chi connectivity index (χ2n) is 6.29. The Balaban J connectivity index is 2.53. The maximum Gasteiger partial charge on any atom is 0.310 e. The first kappa shape index (κ1) is 17.0. The minimum absolute atomic E-state index is 0.0739. The van der Waals surface area contributed by atoms with Gasteiger partial charge in [0.15, 0.2) is 0 Å². The Bertz CT molecular complexity index is 346. The summed E-state index contributed by atoms with van der Waals surface area (Å²) in [5.74, 6) is -1.03. The molecule has 0 aromatic carbocycles. The fraction of sp³-hybridized carbons (Fsp3) is 0.867. The van der Waals surface area contributed by atoms with Gasteiger partial charge in [0.05, 0.1) is 11.0 Å². The average molecular weight is 285 g/mol. The lowest BCUT2D eigenvalue weighted by Crippen LogP contribution is -2.44. The Kier molecular flexibility index (Phi) is 5.99. The molecule has 116 valence electrons. The third-order valence-electron chi connectivity index (χ3n) is 4.01. The lowest BCUT2D eigenvalue weighted by atomic mass is 9.71. The molecular weight excluding hydrogens is 258 g/mol. The minimum Gasteiger partial charge on any atom is -0.481 e. The lowest BCUT2D eigenvalue weighted by molar-refractivity contribution is -0.154. The van der Waals surface area contributed by atoms with Crippen LogP contribution in [0.3, 0.4) is 0 Å². The second-order valence-corrected chi connectivity index (χ2v) is 6.29. The Labute approximate surface area is 121 Å². The molecule has 1 rings (SSSR count). The molecule has 1 saturated carbocycles.